The van der Waals surface area contributed by atoms with Gasteiger partial charge in [0.15, 0.2) is 0 Å². The fourth-order valence-corrected chi connectivity index (χ4v) is 1.78. The molecule has 2 aromatic rings. The van der Waals surface area contributed by atoms with Gasteiger partial charge in [-0.05, 0) is 25.5 Å². The molecule has 5 nitrogen and oxygen atoms in total. The number of hydrogen-bond donors (Lipinski definition) is 2. The summed E-state index contributed by atoms with van der Waals surface area (Å²) in [7, 11) is 0. The predicted molar refractivity (Wildman–Crippen MR) is 75.6 cm³/mol. The molecule has 3 N–H and O–H groups in total. The number of rotatable bonds is 5. The summed E-state index contributed by atoms with van der Waals surface area (Å²) < 4.78 is 5.41. The van der Waals surface area contributed by atoms with Crippen molar-refractivity contribution in [3.05, 3.63) is 41.7 Å². The molecule has 1 aromatic carbocycles. The number of ether oxygens (including phenoxy) is 1. The summed E-state index contributed by atoms with van der Waals surface area (Å²) in [5.41, 5.74) is 7.70. The number of anilines is 2. The van der Waals surface area contributed by atoms with Gasteiger partial charge in [-0.15, -0.1) is 0 Å². The summed E-state index contributed by atoms with van der Waals surface area (Å²) in [5, 5.41) is 3.25. The highest BCUT2D eigenvalue weighted by atomic mass is 16.5. The Morgan fingerprint density at radius 1 is 1.26 bits per heavy atom. The maximum atomic E-state index is 5.71. The zero-order valence-corrected chi connectivity index (χ0v) is 11.2. The highest BCUT2D eigenvalue weighted by molar-refractivity contribution is 5.61. The summed E-state index contributed by atoms with van der Waals surface area (Å²) >= 11 is 0. The lowest BCUT2D eigenvalue weighted by Gasteiger charge is -2.11. The van der Waals surface area contributed by atoms with Gasteiger partial charge in [0.05, 0.1) is 6.61 Å². The molecule has 5 heteroatoms. The Labute approximate surface area is 112 Å². The summed E-state index contributed by atoms with van der Waals surface area (Å²) in [6.45, 7) is 4.82. The van der Waals surface area contributed by atoms with E-state index in [-0.39, 0.29) is 0 Å². The van der Waals surface area contributed by atoms with E-state index in [0.29, 0.717) is 30.7 Å². The van der Waals surface area contributed by atoms with Crippen molar-refractivity contribution in [3.63, 3.8) is 0 Å². The summed E-state index contributed by atoms with van der Waals surface area (Å²) in [6.07, 6.45) is 0. The van der Waals surface area contributed by atoms with Crippen molar-refractivity contribution in [2.75, 3.05) is 11.9 Å². The first-order chi connectivity index (χ1) is 9.22. The highest BCUT2D eigenvalue weighted by Crippen LogP contribution is 2.21. The number of nitrogens with one attached hydrogen (secondary N) is 1. The van der Waals surface area contributed by atoms with E-state index in [1.165, 1.54) is 0 Å². The van der Waals surface area contributed by atoms with Gasteiger partial charge in [-0.1, -0.05) is 18.2 Å². The van der Waals surface area contributed by atoms with Crippen LogP contribution >= 0.6 is 0 Å². The largest absolute Gasteiger partial charge is 0.478 e. The van der Waals surface area contributed by atoms with E-state index in [2.05, 4.69) is 15.3 Å². The number of hydrogen-bond acceptors (Lipinski definition) is 5. The molecular weight excluding hydrogens is 240 g/mol. The van der Waals surface area contributed by atoms with E-state index in [4.69, 9.17) is 10.5 Å². The van der Waals surface area contributed by atoms with Crippen LogP contribution in [0.5, 0.6) is 5.88 Å². The Bertz CT molecular complexity index is 557. The molecule has 2 rings (SSSR count). The van der Waals surface area contributed by atoms with Crippen LogP contribution in [-0.4, -0.2) is 16.6 Å². The van der Waals surface area contributed by atoms with Gasteiger partial charge in [0.1, 0.15) is 11.6 Å². The van der Waals surface area contributed by atoms with Crippen molar-refractivity contribution in [3.8, 4) is 5.88 Å². The van der Waals surface area contributed by atoms with Crippen molar-refractivity contribution in [1.82, 2.24) is 9.97 Å². The number of aromatic nitrogens is 2. The van der Waals surface area contributed by atoms with Crippen LogP contribution in [0.2, 0.25) is 0 Å². The highest BCUT2D eigenvalue weighted by Gasteiger charge is 2.05. The fourth-order valence-electron chi connectivity index (χ4n) is 1.78. The van der Waals surface area contributed by atoms with Gasteiger partial charge in [0, 0.05) is 18.3 Å². The average Bonchev–Trinajstić information content (AvgIpc) is 2.39. The Morgan fingerprint density at radius 2 is 2.05 bits per heavy atom. The van der Waals surface area contributed by atoms with Crippen LogP contribution in [0.1, 0.15) is 18.3 Å². The second-order valence-corrected chi connectivity index (χ2v) is 4.06. The van der Waals surface area contributed by atoms with Gasteiger partial charge < -0.3 is 15.8 Å². The monoisotopic (exact) mass is 258 g/mol. The van der Waals surface area contributed by atoms with Crippen LogP contribution in [-0.2, 0) is 6.54 Å². The van der Waals surface area contributed by atoms with Crippen molar-refractivity contribution in [2.24, 2.45) is 5.73 Å². The number of aryl methyl sites for hydroxylation is 1. The SMILES string of the molecule is CCOc1cc(Nc2ccccc2CN)nc(C)n1. The number of nitrogens with two attached hydrogens (primary N) is 1. The maximum absolute atomic E-state index is 5.71. The van der Waals surface area contributed by atoms with E-state index in [1.54, 1.807) is 6.07 Å². The molecule has 0 aliphatic heterocycles. The lowest BCUT2D eigenvalue weighted by Crippen LogP contribution is -2.04. The molecule has 0 aliphatic carbocycles. The van der Waals surface area contributed by atoms with E-state index in [0.717, 1.165) is 11.3 Å². The lowest BCUT2D eigenvalue weighted by molar-refractivity contribution is 0.325. The molecule has 1 heterocycles. The third kappa shape index (κ3) is 3.42. The predicted octanol–water partition coefficient (Wildman–Crippen LogP) is 2.39. The zero-order chi connectivity index (χ0) is 13.7. The topological polar surface area (TPSA) is 73.1 Å². The van der Waals surface area contributed by atoms with Crippen LogP contribution in [0.3, 0.4) is 0 Å². The number of benzene rings is 1. The second-order valence-electron chi connectivity index (χ2n) is 4.06. The smallest absolute Gasteiger partial charge is 0.218 e. The van der Waals surface area contributed by atoms with Crippen LogP contribution < -0.4 is 15.8 Å². The van der Waals surface area contributed by atoms with Crippen molar-refractivity contribution in [1.29, 1.82) is 0 Å². The zero-order valence-electron chi connectivity index (χ0n) is 11.2. The quantitative estimate of drug-likeness (QED) is 0.861. The molecule has 1 aromatic heterocycles. The Balaban J connectivity index is 2.27. The Kier molecular flexibility index (Phi) is 4.30. The Morgan fingerprint density at radius 3 is 2.79 bits per heavy atom. The summed E-state index contributed by atoms with van der Waals surface area (Å²) in [4.78, 5) is 8.55. The molecule has 0 saturated heterocycles. The molecule has 0 saturated carbocycles. The molecule has 0 amide bonds. The third-order valence-corrected chi connectivity index (χ3v) is 2.61. The minimum absolute atomic E-state index is 0.478. The van der Waals surface area contributed by atoms with Gasteiger partial charge in [-0.25, -0.2) is 4.98 Å². The third-order valence-electron chi connectivity index (χ3n) is 2.61. The molecule has 0 spiro atoms. The minimum atomic E-state index is 0.478. The Hall–Kier alpha value is -2.14. The standard InChI is InChI=1S/C14H18N4O/c1-3-19-14-8-13(16-10(2)17-14)18-12-7-5-4-6-11(12)9-15/h4-8H,3,9,15H2,1-2H3,(H,16,17,18). The van der Waals surface area contributed by atoms with E-state index in [9.17, 15) is 0 Å². The molecule has 100 valence electrons. The van der Waals surface area contributed by atoms with Crippen LogP contribution in [0.4, 0.5) is 11.5 Å². The molecule has 0 radical (unpaired) electrons. The van der Waals surface area contributed by atoms with Crippen LogP contribution in [0, 0.1) is 6.92 Å². The molecular formula is C14H18N4O. The van der Waals surface area contributed by atoms with Crippen molar-refractivity contribution < 1.29 is 4.74 Å². The average molecular weight is 258 g/mol. The fraction of sp³-hybridized carbons (Fsp3) is 0.286. The van der Waals surface area contributed by atoms with Crippen LogP contribution in [0.25, 0.3) is 0 Å². The normalized spacial score (nSPS) is 10.3. The van der Waals surface area contributed by atoms with Gasteiger partial charge in [0.2, 0.25) is 5.88 Å². The van der Waals surface area contributed by atoms with Gasteiger partial charge in [0.25, 0.3) is 0 Å². The molecule has 19 heavy (non-hydrogen) atoms. The molecule has 0 fully saturated rings. The lowest BCUT2D eigenvalue weighted by atomic mass is 10.2. The van der Waals surface area contributed by atoms with E-state index in [1.807, 2.05) is 38.1 Å². The molecule has 0 atom stereocenters. The van der Waals surface area contributed by atoms with Crippen molar-refractivity contribution in [2.45, 2.75) is 20.4 Å². The van der Waals surface area contributed by atoms with Gasteiger partial charge in [-0.2, -0.15) is 4.98 Å². The minimum Gasteiger partial charge on any atom is -0.478 e. The molecule has 0 unspecified atom stereocenters. The van der Waals surface area contributed by atoms with Gasteiger partial charge >= 0.3 is 0 Å². The second kappa shape index (κ2) is 6.15. The first kappa shape index (κ1) is 13.3. The summed E-state index contributed by atoms with van der Waals surface area (Å²) in [5.74, 6) is 1.94. The molecule has 0 aliphatic rings. The van der Waals surface area contributed by atoms with E-state index < -0.39 is 0 Å². The van der Waals surface area contributed by atoms with Crippen LogP contribution in [0.15, 0.2) is 30.3 Å². The number of nitrogens with zero attached hydrogens (tertiary/aromatic N) is 2. The molecule has 0 bridgehead atoms. The van der Waals surface area contributed by atoms with Crippen molar-refractivity contribution >= 4 is 11.5 Å². The first-order valence-electron chi connectivity index (χ1n) is 6.26. The number of para-hydroxylation sites is 1. The van der Waals surface area contributed by atoms with E-state index >= 15 is 0 Å². The maximum Gasteiger partial charge on any atom is 0.218 e. The first-order valence-corrected chi connectivity index (χ1v) is 6.26. The summed E-state index contributed by atoms with van der Waals surface area (Å²) in [6, 6.07) is 9.66. The van der Waals surface area contributed by atoms with Gasteiger partial charge in [-0.3, -0.25) is 0 Å².